The largest absolute Gasteiger partial charge is 0.492 e. The third-order valence-electron chi connectivity index (χ3n) is 7.78. The first-order chi connectivity index (χ1) is 21.1. The number of fused-ring (bicyclic) bond motifs is 4. The molecule has 220 valence electrons. The molecule has 44 heavy (non-hydrogen) atoms. The summed E-state index contributed by atoms with van der Waals surface area (Å²) in [5.74, 6) is -1.87. The van der Waals surface area contributed by atoms with Crippen LogP contribution < -0.4 is 10.1 Å². The van der Waals surface area contributed by atoms with Gasteiger partial charge in [0.15, 0.2) is 11.8 Å². The van der Waals surface area contributed by atoms with E-state index in [2.05, 4.69) is 5.32 Å². The zero-order valence-electron chi connectivity index (χ0n) is 23.4. The number of carbonyl (C=O) groups excluding carboxylic acids is 2. The van der Waals surface area contributed by atoms with Crippen LogP contribution in [0.15, 0.2) is 83.8 Å². The number of nitriles is 1. The number of amides is 1. The Labute approximate surface area is 253 Å². The van der Waals surface area contributed by atoms with Gasteiger partial charge in [-0.25, -0.2) is 13.2 Å². The van der Waals surface area contributed by atoms with Gasteiger partial charge in [0.1, 0.15) is 11.8 Å². The average Bonchev–Trinajstić information content (AvgIpc) is 3.59. The number of carbonyl (C=O) groups is 3. The molecule has 2 aliphatic rings. The summed E-state index contributed by atoms with van der Waals surface area (Å²) in [6.45, 7) is 2.12. The van der Waals surface area contributed by atoms with Crippen LogP contribution in [-0.2, 0) is 27.9 Å². The molecule has 1 aliphatic heterocycles. The Morgan fingerprint density at radius 2 is 1.70 bits per heavy atom. The number of nitrogens with zero attached hydrogens (tertiary/aromatic N) is 2. The predicted molar refractivity (Wildman–Crippen MR) is 158 cm³/mol. The fourth-order valence-corrected chi connectivity index (χ4v) is 7.10. The van der Waals surface area contributed by atoms with E-state index in [4.69, 9.17) is 4.74 Å². The lowest BCUT2D eigenvalue weighted by Gasteiger charge is -2.17. The summed E-state index contributed by atoms with van der Waals surface area (Å²) < 4.78 is 33.6. The van der Waals surface area contributed by atoms with Crippen molar-refractivity contribution in [1.29, 1.82) is 5.26 Å². The molecule has 0 radical (unpaired) electrons. The summed E-state index contributed by atoms with van der Waals surface area (Å²) in [6, 6.07) is 21.1. The van der Waals surface area contributed by atoms with Gasteiger partial charge in [-0.15, -0.1) is 0 Å². The van der Waals surface area contributed by atoms with E-state index in [1.165, 1.54) is 22.5 Å². The third-order valence-corrected chi connectivity index (χ3v) is 9.57. The minimum Gasteiger partial charge on any atom is -0.492 e. The lowest BCUT2D eigenvalue weighted by molar-refractivity contribution is -0.139. The van der Waals surface area contributed by atoms with Gasteiger partial charge in [0.05, 0.1) is 17.1 Å². The fourth-order valence-electron chi connectivity index (χ4n) is 5.68. The maximum atomic E-state index is 13.5. The lowest BCUT2D eigenvalue weighted by atomic mass is 9.97. The van der Waals surface area contributed by atoms with Gasteiger partial charge >= 0.3 is 5.97 Å². The highest BCUT2D eigenvalue weighted by Crippen LogP contribution is 2.39. The highest BCUT2D eigenvalue weighted by atomic mass is 32.2. The van der Waals surface area contributed by atoms with E-state index in [1.807, 2.05) is 6.07 Å². The second-order valence-corrected chi connectivity index (χ2v) is 12.3. The summed E-state index contributed by atoms with van der Waals surface area (Å²) in [7, 11) is -4.00. The number of aliphatic carboxylic acids is 1. The molecule has 2 N–H and O–H groups in total. The van der Waals surface area contributed by atoms with Gasteiger partial charge in [0.25, 0.3) is 5.91 Å². The first-order valence-electron chi connectivity index (χ1n) is 13.7. The fraction of sp³-hybridized carbons (Fsp3) is 0.152. The molecule has 0 fully saturated rings. The van der Waals surface area contributed by atoms with Crippen molar-refractivity contribution in [2.75, 3.05) is 6.61 Å². The van der Waals surface area contributed by atoms with E-state index in [0.29, 0.717) is 45.7 Å². The molecule has 0 bridgehead atoms. The summed E-state index contributed by atoms with van der Waals surface area (Å²) in [4.78, 5) is 38.7. The molecule has 1 aliphatic carbocycles. The maximum absolute atomic E-state index is 13.5. The van der Waals surface area contributed by atoms with Crippen molar-refractivity contribution in [3.05, 3.63) is 118 Å². The second kappa shape index (κ2) is 11.1. The lowest BCUT2D eigenvalue weighted by Crippen LogP contribution is -2.34. The molecule has 1 heterocycles. The Morgan fingerprint density at radius 1 is 0.977 bits per heavy atom. The maximum Gasteiger partial charge on any atom is 0.330 e. The van der Waals surface area contributed by atoms with Gasteiger partial charge in [0, 0.05) is 35.3 Å². The Hall–Kier alpha value is -5.31. The van der Waals surface area contributed by atoms with E-state index in [0.717, 1.165) is 0 Å². The quantitative estimate of drug-likeness (QED) is 0.263. The number of carboxylic acid groups (broad SMARTS) is 1. The van der Waals surface area contributed by atoms with Crippen LogP contribution in [0.4, 0.5) is 0 Å². The summed E-state index contributed by atoms with van der Waals surface area (Å²) >= 11 is 0. The first-order valence-corrected chi connectivity index (χ1v) is 15.2. The number of benzene rings is 4. The second-order valence-electron chi connectivity index (χ2n) is 10.4. The van der Waals surface area contributed by atoms with E-state index >= 15 is 0 Å². The van der Waals surface area contributed by atoms with Crippen LogP contribution in [0.5, 0.6) is 5.75 Å². The number of rotatable bonds is 8. The highest BCUT2D eigenvalue weighted by molar-refractivity contribution is 7.89. The van der Waals surface area contributed by atoms with Crippen molar-refractivity contribution >= 4 is 27.7 Å². The van der Waals surface area contributed by atoms with Gasteiger partial charge in [-0.05, 0) is 53.4 Å². The zero-order chi connectivity index (χ0) is 31.2. The number of ketones is 1. The van der Waals surface area contributed by atoms with Crippen LogP contribution in [0.1, 0.15) is 61.5 Å². The molecule has 0 saturated heterocycles. The molecule has 1 amide bonds. The molecule has 4 aromatic rings. The normalized spacial score (nSPS) is 14.2. The average molecular weight is 608 g/mol. The van der Waals surface area contributed by atoms with Crippen molar-refractivity contribution in [3.63, 3.8) is 0 Å². The molecule has 4 aromatic carbocycles. The number of hydrogen-bond acceptors (Lipinski definition) is 7. The molecule has 11 heteroatoms. The minimum absolute atomic E-state index is 0.0218. The number of sulfonamides is 1. The van der Waals surface area contributed by atoms with Crippen LogP contribution in [0.2, 0.25) is 0 Å². The van der Waals surface area contributed by atoms with Crippen LogP contribution in [-0.4, -0.2) is 42.1 Å². The van der Waals surface area contributed by atoms with Gasteiger partial charge < -0.3 is 15.2 Å². The number of carboxylic acids is 1. The van der Waals surface area contributed by atoms with Crippen molar-refractivity contribution in [1.82, 2.24) is 9.62 Å². The van der Waals surface area contributed by atoms with Crippen LogP contribution >= 0.6 is 0 Å². The number of nitrogens with one attached hydrogen (secondary N) is 1. The molecule has 1 unspecified atom stereocenters. The Kier molecular flexibility index (Phi) is 7.25. The number of ether oxygens (including phenoxy) is 1. The molecule has 0 aromatic heterocycles. The first kappa shape index (κ1) is 28.8. The highest BCUT2D eigenvalue weighted by Gasteiger charge is 2.34. The number of hydrogen-bond donors (Lipinski definition) is 2. The molecular weight excluding hydrogens is 582 g/mol. The molecule has 0 spiro atoms. The Balaban J connectivity index is 1.26. The predicted octanol–water partition coefficient (Wildman–Crippen LogP) is 4.43. The van der Waals surface area contributed by atoms with Crippen LogP contribution in [0, 0.1) is 11.3 Å². The van der Waals surface area contributed by atoms with Gasteiger partial charge in [0.2, 0.25) is 10.0 Å². The molecule has 0 saturated carbocycles. The smallest absolute Gasteiger partial charge is 0.330 e. The summed E-state index contributed by atoms with van der Waals surface area (Å²) in [6.07, 6.45) is 0. The van der Waals surface area contributed by atoms with E-state index in [9.17, 15) is 33.2 Å². The monoisotopic (exact) mass is 607 g/mol. The standard InChI is InChI=1S/C33H25N3O7S/c1-2-43-28-13-12-23(15-21(28)16-34)44(41,42)36-17-20-11-10-19(14-22(20)18-36)30(33(39)40)35-32(38)27-9-5-8-26-29(27)24-6-3-4-7-25(24)31(26)37/h3-15,30H,2,17-18H2,1H3,(H,35,38)(H,39,40). The summed E-state index contributed by atoms with van der Waals surface area (Å²) in [5.41, 5.74) is 3.75. The van der Waals surface area contributed by atoms with Crippen molar-refractivity contribution in [2.45, 2.75) is 31.0 Å². The van der Waals surface area contributed by atoms with Crippen LogP contribution in [0.3, 0.4) is 0 Å². The van der Waals surface area contributed by atoms with Crippen LogP contribution in [0.25, 0.3) is 11.1 Å². The van der Waals surface area contributed by atoms with Gasteiger partial charge in [-0.3, -0.25) is 9.59 Å². The van der Waals surface area contributed by atoms with Crippen molar-refractivity contribution < 1.29 is 32.6 Å². The SMILES string of the molecule is CCOc1ccc(S(=O)(=O)N2Cc3ccc(C(NC(=O)c4cccc5c4-c4ccccc4C5=O)C(=O)O)cc3C2)cc1C#N. The Morgan fingerprint density at radius 3 is 2.43 bits per heavy atom. The Bertz CT molecular complexity index is 2030. The van der Waals surface area contributed by atoms with Gasteiger partial charge in [-0.2, -0.15) is 9.57 Å². The zero-order valence-corrected chi connectivity index (χ0v) is 24.2. The molecular formula is C33H25N3O7S. The third kappa shape index (κ3) is 4.80. The van der Waals surface area contributed by atoms with Gasteiger partial charge in [-0.1, -0.05) is 54.6 Å². The molecule has 10 nitrogen and oxygen atoms in total. The molecule has 1 atom stereocenters. The van der Waals surface area contributed by atoms with Crippen molar-refractivity contribution in [2.24, 2.45) is 0 Å². The summed E-state index contributed by atoms with van der Waals surface area (Å²) in [5, 5.41) is 22.2. The van der Waals surface area contributed by atoms with E-state index in [1.54, 1.807) is 67.6 Å². The minimum atomic E-state index is -4.00. The topological polar surface area (TPSA) is 154 Å². The van der Waals surface area contributed by atoms with E-state index in [-0.39, 0.29) is 40.5 Å². The molecule has 6 rings (SSSR count). The van der Waals surface area contributed by atoms with Crippen molar-refractivity contribution in [3.8, 4) is 22.9 Å². The van der Waals surface area contributed by atoms with E-state index < -0.39 is 27.9 Å².